The van der Waals surface area contributed by atoms with Crippen LogP contribution in [-0.2, 0) is 12.8 Å². The molecule has 2 rings (SSSR count). The third-order valence-corrected chi connectivity index (χ3v) is 2.91. The first-order valence-corrected chi connectivity index (χ1v) is 5.75. The Balaban J connectivity index is 2.01. The molecule has 1 atom stereocenters. The molecule has 0 fully saturated rings. The second kappa shape index (κ2) is 4.59. The predicted molar refractivity (Wildman–Crippen MR) is 59.0 cm³/mol. The summed E-state index contributed by atoms with van der Waals surface area (Å²) in [5.41, 5.74) is 0.955. The summed E-state index contributed by atoms with van der Waals surface area (Å²) in [5, 5.41) is 12.2. The zero-order valence-corrected chi connectivity index (χ0v) is 9.33. The zero-order chi connectivity index (χ0) is 10.7. The Morgan fingerprint density at radius 2 is 2.47 bits per heavy atom. The van der Waals surface area contributed by atoms with Crippen molar-refractivity contribution < 1.29 is 9.52 Å². The number of aliphatic hydroxyl groups is 1. The van der Waals surface area contributed by atoms with Gasteiger partial charge in [-0.25, -0.2) is 4.98 Å². The number of nitrogens with zero attached hydrogens (tertiary/aromatic N) is 1. The summed E-state index contributed by atoms with van der Waals surface area (Å²) in [6.45, 7) is 1.77. The van der Waals surface area contributed by atoms with Gasteiger partial charge in [-0.15, -0.1) is 11.3 Å². The van der Waals surface area contributed by atoms with Crippen molar-refractivity contribution in [2.75, 3.05) is 0 Å². The largest absolute Gasteiger partial charge is 0.469 e. The van der Waals surface area contributed by atoms with Crippen molar-refractivity contribution in [2.45, 2.75) is 25.9 Å². The van der Waals surface area contributed by atoms with Crippen LogP contribution < -0.4 is 0 Å². The highest BCUT2D eigenvalue weighted by Crippen LogP contribution is 2.16. The number of hydrogen-bond acceptors (Lipinski definition) is 4. The van der Waals surface area contributed by atoms with Crippen LogP contribution in [0.2, 0.25) is 0 Å². The van der Waals surface area contributed by atoms with Crippen LogP contribution in [0.25, 0.3) is 0 Å². The van der Waals surface area contributed by atoms with Gasteiger partial charge in [0.15, 0.2) is 0 Å². The Morgan fingerprint density at radius 1 is 1.60 bits per heavy atom. The molecule has 0 radical (unpaired) electrons. The number of aliphatic hydroxyl groups excluding tert-OH is 1. The lowest BCUT2D eigenvalue weighted by atomic mass is 10.2. The van der Waals surface area contributed by atoms with Gasteiger partial charge in [-0.1, -0.05) is 0 Å². The highest BCUT2D eigenvalue weighted by molar-refractivity contribution is 7.09. The maximum Gasteiger partial charge on any atom is 0.110 e. The molecule has 0 aromatic carbocycles. The van der Waals surface area contributed by atoms with Crippen molar-refractivity contribution in [3.8, 4) is 0 Å². The fourth-order valence-electron chi connectivity index (χ4n) is 1.39. The van der Waals surface area contributed by atoms with Gasteiger partial charge < -0.3 is 9.52 Å². The van der Waals surface area contributed by atoms with E-state index in [1.54, 1.807) is 24.5 Å². The lowest BCUT2D eigenvalue weighted by molar-refractivity contribution is 0.194. The molecule has 1 unspecified atom stereocenters. The molecule has 2 aromatic rings. The van der Waals surface area contributed by atoms with Gasteiger partial charge in [0.05, 0.1) is 24.5 Å². The smallest absolute Gasteiger partial charge is 0.110 e. The zero-order valence-electron chi connectivity index (χ0n) is 8.51. The normalized spacial score (nSPS) is 12.9. The molecule has 0 saturated heterocycles. The molecule has 3 nitrogen and oxygen atoms in total. The second-order valence-electron chi connectivity index (χ2n) is 3.54. The third-order valence-electron chi connectivity index (χ3n) is 2.01. The van der Waals surface area contributed by atoms with Gasteiger partial charge in [0.1, 0.15) is 10.8 Å². The van der Waals surface area contributed by atoms with Gasteiger partial charge >= 0.3 is 0 Å². The first kappa shape index (κ1) is 10.4. The van der Waals surface area contributed by atoms with Crippen molar-refractivity contribution in [1.82, 2.24) is 4.98 Å². The second-order valence-corrected chi connectivity index (χ2v) is 4.48. The molecule has 1 N–H and O–H groups in total. The number of hydrogen-bond donors (Lipinski definition) is 1. The van der Waals surface area contributed by atoms with E-state index in [-0.39, 0.29) is 6.10 Å². The molecule has 0 amide bonds. The average Bonchev–Trinajstić information content (AvgIpc) is 2.77. The topological polar surface area (TPSA) is 46.3 Å². The van der Waals surface area contributed by atoms with Crippen LogP contribution in [0.15, 0.2) is 28.2 Å². The Hall–Kier alpha value is -1.13. The minimum atomic E-state index is -0.330. The fraction of sp³-hybridized carbons (Fsp3) is 0.364. The quantitative estimate of drug-likeness (QED) is 0.864. The van der Waals surface area contributed by atoms with Crippen molar-refractivity contribution >= 4 is 11.3 Å². The van der Waals surface area contributed by atoms with Crippen molar-refractivity contribution in [1.29, 1.82) is 0 Å². The van der Waals surface area contributed by atoms with Gasteiger partial charge in [-0.2, -0.15) is 0 Å². The number of aromatic nitrogens is 1. The molecule has 0 spiro atoms. The Morgan fingerprint density at radius 3 is 3.13 bits per heavy atom. The van der Waals surface area contributed by atoms with Crippen LogP contribution in [0.4, 0.5) is 0 Å². The summed E-state index contributed by atoms with van der Waals surface area (Å²) >= 11 is 1.61. The van der Waals surface area contributed by atoms with E-state index in [2.05, 4.69) is 4.98 Å². The number of furan rings is 1. The van der Waals surface area contributed by atoms with Crippen molar-refractivity contribution in [3.63, 3.8) is 0 Å². The van der Waals surface area contributed by atoms with E-state index in [4.69, 9.17) is 4.42 Å². The highest BCUT2D eigenvalue weighted by Gasteiger charge is 2.06. The minimum absolute atomic E-state index is 0.330. The van der Waals surface area contributed by atoms with Crippen LogP contribution in [0.1, 0.15) is 23.4 Å². The molecular weight excluding hydrogens is 210 g/mol. The van der Waals surface area contributed by atoms with Gasteiger partial charge in [0.25, 0.3) is 0 Å². The van der Waals surface area contributed by atoms with Gasteiger partial charge in [0, 0.05) is 11.8 Å². The molecule has 80 valence electrons. The van der Waals surface area contributed by atoms with E-state index in [0.29, 0.717) is 6.42 Å². The van der Waals surface area contributed by atoms with Crippen LogP contribution in [-0.4, -0.2) is 16.2 Å². The molecule has 0 saturated carbocycles. The van der Waals surface area contributed by atoms with Gasteiger partial charge in [-0.3, -0.25) is 0 Å². The maximum atomic E-state index is 9.22. The predicted octanol–water partition coefficient (Wildman–Crippen LogP) is 2.25. The summed E-state index contributed by atoms with van der Waals surface area (Å²) < 4.78 is 5.25. The van der Waals surface area contributed by atoms with E-state index >= 15 is 0 Å². The van der Waals surface area contributed by atoms with Gasteiger partial charge in [0.2, 0.25) is 0 Å². The Kier molecular flexibility index (Phi) is 3.18. The van der Waals surface area contributed by atoms with E-state index in [1.807, 2.05) is 17.5 Å². The van der Waals surface area contributed by atoms with Crippen molar-refractivity contribution in [2.24, 2.45) is 0 Å². The molecule has 0 aliphatic heterocycles. The molecule has 0 aliphatic rings. The number of rotatable bonds is 4. The molecule has 0 bridgehead atoms. The summed E-state index contributed by atoms with van der Waals surface area (Å²) in [7, 11) is 0. The fourth-order valence-corrected chi connectivity index (χ4v) is 2.21. The third kappa shape index (κ3) is 2.91. The lowest BCUT2D eigenvalue weighted by Gasteiger charge is -1.98. The minimum Gasteiger partial charge on any atom is -0.469 e. The van der Waals surface area contributed by atoms with Crippen LogP contribution in [0.3, 0.4) is 0 Å². The molecule has 2 aromatic heterocycles. The van der Waals surface area contributed by atoms with E-state index in [0.717, 1.165) is 22.9 Å². The van der Waals surface area contributed by atoms with Crippen LogP contribution in [0.5, 0.6) is 0 Å². The maximum absolute atomic E-state index is 9.22. The first-order valence-electron chi connectivity index (χ1n) is 4.88. The molecule has 15 heavy (non-hydrogen) atoms. The standard InChI is InChI=1S/C11H13NO2S/c1-8(13)5-9-7-15-11(12-9)6-10-3-2-4-14-10/h2-4,7-8,13H,5-6H2,1H3. The van der Waals surface area contributed by atoms with Gasteiger partial charge in [-0.05, 0) is 19.1 Å². The molecule has 4 heteroatoms. The van der Waals surface area contributed by atoms with E-state index < -0.39 is 0 Å². The van der Waals surface area contributed by atoms with Crippen LogP contribution in [0, 0.1) is 0 Å². The molecule has 2 heterocycles. The highest BCUT2D eigenvalue weighted by atomic mass is 32.1. The first-order chi connectivity index (χ1) is 7.24. The Labute approximate surface area is 92.4 Å². The summed E-state index contributed by atoms with van der Waals surface area (Å²) in [6.07, 6.45) is 2.69. The number of thiazole rings is 1. The molecular formula is C11H13NO2S. The SMILES string of the molecule is CC(O)Cc1csc(Cc2ccco2)n1. The summed E-state index contributed by atoms with van der Waals surface area (Å²) in [6, 6.07) is 3.81. The monoisotopic (exact) mass is 223 g/mol. The van der Waals surface area contributed by atoms with E-state index in [1.165, 1.54) is 0 Å². The van der Waals surface area contributed by atoms with Crippen molar-refractivity contribution in [3.05, 3.63) is 40.2 Å². The van der Waals surface area contributed by atoms with E-state index in [9.17, 15) is 5.11 Å². The summed E-state index contributed by atoms with van der Waals surface area (Å²) in [5.74, 6) is 0.924. The van der Waals surface area contributed by atoms with Crippen LogP contribution >= 0.6 is 11.3 Å². The molecule has 0 aliphatic carbocycles. The average molecular weight is 223 g/mol. The summed E-state index contributed by atoms with van der Waals surface area (Å²) in [4.78, 5) is 4.42. The Bertz CT molecular complexity index is 406. The lowest BCUT2D eigenvalue weighted by Crippen LogP contribution is -2.04.